The first-order valence-electron chi connectivity index (χ1n) is 7.22. The van der Waals surface area contributed by atoms with Crippen molar-refractivity contribution in [2.75, 3.05) is 18.4 Å². The summed E-state index contributed by atoms with van der Waals surface area (Å²) in [7, 11) is 0. The van der Waals surface area contributed by atoms with Gasteiger partial charge in [0.15, 0.2) is 0 Å². The standard InChI is InChI=1S/C14H23N5O2/c1-14(2,10-4-3-5-16-6-10)13(21)18-11-7-17-19(8-11)9-12(15)20/h7-8,10,16H,3-6,9H2,1-2H3,(H2,15,20)(H,18,21). The van der Waals surface area contributed by atoms with E-state index in [1.54, 1.807) is 6.20 Å². The predicted octanol–water partition coefficient (Wildman–Crippen LogP) is 0.333. The first kappa shape index (κ1) is 15.5. The normalized spacial score (nSPS) is 19.2. The third-order valence-corrected chi connectivity index (χ3v) is 4.11. The van der Waals surface area contributed by atoms with Gasteiger partial charge in [0.05, 0.1) is 11.9 Å². The zero-order valence-electron chi connectivity index (χ0n) is 12.6. The van der Waals surface area contributed by atoms with E-state index in [0.717, 1.165) is 25.9 Å². The van der Waals surface area contributed by atoms with Crippen molar-refractivity contribution >= 4 is 17.5 Å². The first-order valence-corrected chi connectivity index (χ1v) is 7.22. The van der Waals surface area contributed by atoms with Gasteiger partial charge in [-0.3, -0.25) is 14.3 Å². The molecule has 1 aliphatic rings. The van der Waals surface area contributed by atoms with Crippen molar-refractivity contribution in [1.29, 1.82) is 0 Å². The molecule has 7 nitrogen and oxygen atoms in total. The number of carbonyl (C=O) groups is 2. The first-order chi connectivity index (χ1) is 9.89. The second kappa shape index (κ2) is 6.26. The predicted molar refractivity (Wildman–Crippen MR) is 79.4 cm³/mol. The van der Waals surface area contributed by atoms with Crippen LogP contribution in [0.3, 0.4) is 0 Å². The van der Waals surface area contributed by atoms with Gasteiger partial charge in [-0.15, -0.1) is 0 Å². The number of amides is 2. The zero-order valence-corrected chi connectivity index (χ0v) is 12.6. The Labute approximate surface area is 124 Å². The molecular formula is C14H23N5O2. The van der Waals surface area contributed by atoms with E-state index in [1.807, 2.05) is 13.8 Å². The number of aromatic nitrogens is 2. The van der Waals surface area contributed by atoms with Crippen LogP contribution in [-0.4, -0.2) is 34.7 Å². The van der Waals surface area contributed by atoms with Crippen molar-refractivity contribution in [3.05, 3.63) is 12.4 Å². The minimum Gasteiger partial charge on any atom is -0.368 e. The molecule has 1 unspecified atom stereocenters. The number of primary amides is 1. The van der Waals surface area contributed by atoms with E-state index in [1.165, 1.54) is 10.9 Å². The molecule has 4 N–H and O–H groups in total. The van der Waals surface area contributed by atoms with Gasteiger partial charge in [0.2, 0.25) is 11.8 Å². The van der Waals surface area contributed by atoms with Crippen molar-refractivity contribution in [2.45, 2.75) is 33.2 Å². The quantitative estimate of drug-likeness (QED) is 0.728. The molecule has 2 heterocycles. The highest BCUT2D eigenvalue weighted by atomic mass is 16.2. The molecule has 0 aliphatic carbocycles. The molecule has 2 amide bonds. The van der Waals surface area contributed by atoms with E-state index in [4.69, 9.17) is 5.73 Å². The Hall–Kier alpha value is -1.89. The van der Waals surface area contributed by atoms with Crippen LogP contribution in [0.4, 0.5) is 5.69 Å². The number of nitrogens with two attached hydrogens (primary N) is 1. The van der Waals surface area contributed by atoms with Crippen LogP contribution in [0.1, 0.15) is 26.7 Å². The summed E-state index contributed by atoms with van der Waals surface area (Å²) < 4.78 is 1.41. The van der Waals surface area contributed by atoms with Crippen molar-refractivity contribution in [3.63, 3.8) is 0 Å². The molecule has 7 heteroatoms. The van der Waals surface area contributed by atoms with Gasteiger partial charge in [0.1, 0.15) is 6.54 Å². The highest BCUT2D eigenvalue weighted by Crippen LogP contribution is 2.32. The average Bonchev–Trinajstić information content (AvgIpc) is 2.86. The lowest BCUT2D eigenvalue weighted by Gasteiger charge is -2.35. The Morgan fingerprint density at radius 2 is 2.33 bits per heavy atom. The topological polar surface area (TPSA) is 102 Å². The van der Waals surface area contributed by atoms with Gasteiger partial charge in [-0.25, -0.2) is 0 Å². The minimum absolute atomic E-state index is 0.00576. The monoisotopic (exact) mass is 293 g/mol. The number of carbonyl (C=O) groups excluding carboxylic acids is 2. The second-order valence-corrected chi connectivity index (χ2v) is 6.11. The molecule has 1 aliphatic heterocycles. The van der Waals surface area contributed by atoms with E-state index in [2.05, 4.69) is 15.7 Å². The van der Waals surface area contributed by atoms with Crippen LogP contribution < -0.4 is 16.4 Å². The van der Waals surface area contributed by atoms with Crippen LogP contribution in [0.2, 0.25) is 0 Å². The highest BCUT2D eigenvalue weighted by Gasteiger charge is 2.37. The Morgan fingerprint density at radius 1 is 1.57 bits per heavy atom. The molecule has 0 spiro atoms. The number of nitrogens with one attached hydrogen (secondary N) is 2. The fraction of sp³-hybridized carbons (Fsp3) is 0.643. The third kappa shape index (κ3) is 3.81. The molecule has 2 rings (SSSR count). The Morgan fingerprint density at radius 3 is 2.95 bits per heavy atom. The summed E-state index contributed by atoms with van der Waals surface area (Å²) in [4.78, 5) is 23.3. The van der Waals surface area contributed by atoms with Gasteiger partial charge in [-0.1, -0.05) is 13.8 Å². The number of nitrogens with zero attached hydrogens (tertiary/aromatic N) is 2. The molecule has 1 saturated heterocycles. The van der Waals surface area contributed by atoms with Gasteiger partial charge in [0.25, 0.3) is 0 Å². The summed E-state index contributed by atoms with van der Waals surface area (Å²) in [6.07, 6.45) is 5.28. The van der Waals surface area contributed by atoms with Crippen LogP contribution in [0.5, 0.6) is 0 Å². The molecule has 1 aromatic heterocycles. The fourth-order valence-corrected chi connectivity index (χ4v) is 2.62. The Balaban J connectivity index is 1.99. The van der Waals surface area contributed by atoms with E-state index in [-0.39, 0.29) is 12.5 Å². The number of anilines is 1. The average molecular weight is 293 g/mol. The van der Waals surface area contributed by atoms with Crippen molar-refractivity contribution in [2.24, 2.45) is 17.1 Å². The van der Waals surface area contributed by atoms with Gasteiger partial charge in [-0.05, 0) is 31.8 Å². The lowest BCUT2D eigenvalue weighted by atomic mass is 9.74. The summed E-state index contributed by atoms with van der Waals surface area (Å²) in [5, 5.41) is 10.2. The van der Waals surface area contributed by atoms with Crippen LogP contribution in [0.25, 0.3) is 0 Å². The third-order valence-electron chi connectivity index (χ3n) is 4.11. The van der Waals surface area contributed by atoms with Crippen LogP contribution in [0, 0.1) is 11.3 Å². The van der Waals surface area contributed by atoms with Gasteiger partial charge >= 0.3 is 0 Å². The fourth-order valence-electron chi connectivity index (χ4n) is 2.62. The lowest BCUT2D eigenvalue weighted by molar-refractivity contribution is -0.127. The highest BCUT2D eigenvalue weighted by molar-refractivity contribution is 5.94. The van der Waals surface area contributed by atoms with Gasteiger partial charge in [-0.2, -0.15) is 5.10 Å². The minimum atomic E-state index is -0.468. The molecule has 1 fully saturated rings. The Kier molecular flexibility index (Phi) is 4.62. The summed E-state index contributed by atoms with van der Waals surface area (Å²) in [6, 6.07) is 0. The maximum Gasteiger partial charge on any atom is 0.239 e. The number of hydrogen-bond acceptors (Lipinski definition) is 4. The SMILES string of the molecule is CC(C)(C(=O)Nc1cnn(CC(N)=O)c1)C1CCCNC1. The number of rotatable bonds is 5. The number of piperidine rings is 1. The maximum atomic E-state index is 12.5. The lowest BCUT2D eigenvalue weighted by Crippen LogP contribution is -2.44. The second-order valence-electron chi connectivity index (χ2n) is 6.11. The molecule has 1 aromatic rings. The number of hydrogen-bond donors (Lipinski definition) is 3. The van der Waals surface area contributed by atoms with Crippen LogP contribution in [-0.2, 0) is 16.1 Å². The zero-order chi connectivity index (χ0) is 15.5. The summed E-state index contributed by atoms with van der Waals surface area (Å²) in [5.74, 6) is -0.189. The molecule has 0 aromatic carbocycles. The summed E-state index contributed by atoms with van der Waals surface area (Å²) in [6.45, 7) is 5.82. The summed E-state index contributed by atoms with van der Waals surface area (Å²) in [5.41, 5.74) is 5.23. The molecule has 21 heavy (non-hydrogen) atoms. The molecule has 0 bridgehead atoms. The van der Waals surface area contributed by atoms with Crippen molar-refractivity contribution in [3.8, 4) is 0 Å². The van der Waals surface area contributed by atoms with E-state index in [9.17, 15) is 9.59 Å². The maximum absolute atomic E-state index is 12.5. The van der Waals surface area contributed by atoms with Crippen molar-refractivity contribution < 1.29 is 9.59 Å². The molecular weight excluding hydrogens is 270 g/mol. The largest absolute Gasteiger partial charge is 0.368 e. The molecule has 0 saturated carbocycles. The smallest absolute Gasteiger partial charge is 0.239 e. The Bertz CT molecular complexity index is 517. The molecule has 0 radical (unpaired) electrons. The van der Waals surface area contributed by atoms with Gasteiger partial charge in [0, 0.05) is 11.6 Å². The van der Waals surface area contributed by atoms with Gasteiger partial charge < -0.3 is 16.4 Å². The van der Waals surface area contributed by atoms with E-state index >= 15 is 0 Å². The van der Waals surface area contributed by atoms with Crippen LogP contribution in [0.15, 0.2) is 12.4 Å². The molecule has 1 atom stereocenters. The van der Waals surface area contributed by atoms with Crippen molar-refractivity contribution in [1.82, 2.24) is 15.1 Å². The van der Waals surface area contributed by atoms with E-state index in [0.29, 0.717) is 11.6 Å². The van der Waals surface area contributed by atoms with E-state index < -0.39 is 11.3 Å². The molecule has 116 valence electrons. The van der Waals surface area contributed by atoms with Crippen LogP contribution >= 0.6 is 0 Å². The summed E-state index contributed by atoms with van der Waals surface area (Å²) >= 11 is 0.